The number of hydrogen-bond acceptors (Lipinski definition) is 3. The van der Waals surface area contributed by atoms with E-state index in [2.05, 4.69) is 5.32 Å². The van der Waals surface area contributed by atoms with Crippen molar-refractivity contribution in [2.24, 2.45) is 5.92 Å². The van der Waals surface area contributed by atoms with Crippen LogP contribution in [0.3, 0.4) is 0 Å². The fourth-order valence-corrected chi connectivity index (χ4v) is 1.44. The number of carbonyl (C=O) groups is 2. The second-order valence-electron chi connectivity index (χ2n) is 4.76. The van der Waals surface area contributed by atoms with Crippen molar-refractivity contribution in [1.82, 2.24) is 5.32 Å². The Bertz CT molecular complexity index is 255. The third-order valence-corrected chi connectivity index (χ3v) is 2.05. The molecule has 1 heterocycles. The lowest BCUT2D eigenvalue weighted by atomic mass is 10.0. The van der Waals surface area contributed by atoms with Crippen LogP contribution in [-0.2, 0) is 14.3 Å². The van der Waals surface area contributed by atoms with Crippen LogP contribution in [0.25, 0.3) is 0 Å². The maximum Gasteiger partial charge on any atom is 0.329 e. The third-order valence-electron chi connectivity index (χ3n) is 2.05. The van der Waals surface area contributed by atoms with Crippen LogP contribution in [0.5, 0.6) is 0 Å². The molecule has 0 unspecified atom stereocenters. The van der Waals surface area contributed by atoms with Gasteiger partial charge in [0.05, 0.1) is 0 Å². The molecule has 0 radical (unpaired) electrons. The summed E-state index contributed by atoms with van der Waals surface area (Å²) < 4.78 is 5.19. The van der Waals surface area contributed by atoms with Gasteiger partial charge in [-0.15, -0.1) is 0 Å². The SMILES string of the molecule is C[C@H]1CC(=O)N[C@@H]1C(=O)OC(C)(C)C. The summed E-state index contributed by atoms with van der Waals surface area (Å²) >= 11 is 0. The van der Waals surface area contributed by atoms with Gasteiger partial charge >= 0.3 is 5.97 Å². The highest BCUT2D eigenvalue weighted by Gasteiger charge is 2.36. The van der Waals surface area contributed by atoms with E-state index >= 15 is 0 Å². The van der Waals surface area contributed by atoms with Crippen LogP contribution in [0.2, 0.25) is 0 Å². The van der Waals surface area contributed by atoms with Gasteiger partial charge in [0.25, 0.3) is 0 Å². The van der Waals surface area contributed by atoms with E-state index in [1.807, 2.05) is 27.7 Å². The Hall–Kier alpha value is -1.06. The molecule has 14 heavy (non-hydrogen) atoms. The zero-order valence-corrected chi connectivity index (χ0v) is 9.09. The average molecular weight is 199 g/mol. The van der Waals surface area contributed by atoms with Gasteiger partial charge in [0.15, 0.2) is 0 Å². The first kappa shape index (κ1) is 11.0. The maximum atomic E-state index is 11.6. The standard InChI is InChI=1S/C10H17NO3/c1-6-5-7(12)11-8(6)9(13)14-10(2,3)4/h6,8H,5H2,1-4H3,(H,11,12)/t6-,8-/m0/s1. The van der Waals surface area contributed by atoms with Crippen LogP contribution in [0.1, 0.15) is 34.1 Å². The number of ether oxygens (including phenoxy) is 1. The van der Waals surface area contributed by atoms with E-state index in [1.54, 1.807) is 0 Å². The molecule has 1 amide bonds. The second-order valence-corrected chi connectivity index (χ2v) is 4.76. The fraction of sp³-hybridized carbons (Fsp3) is 0.800. The molecule has 0 aliphatic carbocycles. The molecule has 1 N–H and O–H groups in total. The molecule has 1 saturated heterocycles. The Morgan fingerprint density at radius 1 is 1.50 bits per heavy atom. The van der Waals surface area contributed by atoms with Gasteiger partial charge < -0.3 is 10.1 Å². The van der Waals surface area contributed by atoms with Crippen molar-refractivity contribution >= 4 is 11.9 Å². The monoisotopic (exact) mass is 199 g/mol. The van der Waals surface area contributed by atoms with Gasteiger partial charge in [-0.1, -0.05) is 6.92 Å². The van der Waals surface area contributed by atoms with Gasteiger partial charge in [-0.3, -0.25) is 4.79 Å². The van der Waals surface area contributed by atoms with E-state index in [0.29, 0.717) is 6.42 Å². The quantitative estimate of drug-likeness (QED) is 0.637. The van der Waals surface area contributed by atoms with Crippen LogP contribution in [0.4, 0.5) is 0 Å². The molecular formula is C10H17NO3. The summed E-state index contributed by atoms with van der Waals surface area (Å²) in [5.41, 5.74) is -0.496. The molecule has 80 valence electrons. The largest absolute Gasteiger partial charge is 0.458 e. The highest BCUT2D eigenvalue weighted by atomic mass is 16.6. The third kappa shape index (κ3) is 2.72. The van der Waals surface area contributed by atoms with Gasteiger partial charge in [0, 0.05) is 6.42 Å². The molecule has 0 spiro atoms. The van der Waals surface area contributed by atoms with Crippen LogP contribution in [0.15, 0.2) is 0 Å². The van der Waals surface area contributed by atoms with Crippen LogP contribution >= 0.6 is 0 Å². The molecule has 1 rings (SSSR count). The van der Waals surface area contributed by atoms with Gasteiger partial charge in [0.2, 0.25) is 5.91 Å². The lowest BCUT2D eigenvalue weighted by Crippen LogP contribution is -2.41. The van der Waals surface area contributed by atoms with E-state index < -0.39 is 11.6 Å². The first-order chi connectivity index (χ1) is 6.29. The van der Waals surface area contributed by atoms with Crippen molar-refractivity contribution in [3.05, 3.63) is 0 Å². The average Bonchev–Trinajstić information content (AvgIpc) is 2.26. The number of nitrogens with one attached hydrogen (secondary N) is 1. The predicted molar refractivity (Wildman–Crippen MR) is 51.6 cm³/mol. The van der Waals surface area contributed by atoms with Crippen molar-refractivity contribution in [1.29, 1.82) is 0 Å². The highest BCUT2D eigenvalue weighted by molar-refractivity contribution is 5.88. The Morgan fingerprint density at radius 2 is 2.07 bits per heavy atom. The van der Waals surface area contributed by atoms with Gasteiger partial charge in [-0.25, -0.2) is 4.79 Å². The number of rotatable bonds is 1. The van der Waals surface area contributed by atoms with Crippen LogP contribution in [-0.4, -0.2) is 23.5 Å². The molecular weight excluding hydrogens is 182 g/mol. The summed E-state index contributed by atoms with van der Waals surface area (Å²) in [6.07, 6.45) is 0.407. The minimum Gasteiger partial charge on any atom is -0.458 e. The molecule has 2 atom stereocenters. The summed E-state index contributed by atoms with van der Waals surface area (Å²) in [6.45, 7) is 7.30. The molecule has 0 aromatic carbocycles. The predicted octanol–water partition coefficient (Wildman–Crippen LogP) is 0.853. The summed E-state index contributed by atoms with van der Waals surface area (Å²) in [5.74, 6) is -0.387. The maximum absolute atomic E-state index is 11.6. The smallest absolute Gasteiger partial charge is 0.329 e. The first-order valence-electron chi connectivity index (χ1n) is 4.82. The zero-order chi connectivity index (χ0) is 10.9. The molecule has 0 aromatic heterocycles. The Kier molecular flexibility index (Phi) is 2.83. The van der Waals surface area contributed by atoms with Crippen molar-refractivity contribution in [2.75, 3.05) is 0 Å². The highest BCUT2D eigenvalue weighted by Crippen LogP contribution is 2.19. The number of hydrogen-bond donors (Lipinski definition) is 1. The van der Waals surface area contributed by atoms with Crippen molar-refractivity contribution in [2.45, 2.75) is 45.8 Å². The first-order valence-corrected chi connectivity index (χ1v) is 4.82. The number of amides is 1. The minimum atomic E-state index is -0.496. The van der Waals surface area contributed by atoms with E-state index in [4.69, 9.17) is 4.74 Å². The minimum absolute atomic E-state index is 0.0253. The summed E-state index contributed by atoms with van der Waals surface area (Å²) in [7, 11) is 0. The topological polar surface area (TPSA) is 55.4 Å². The van der Waals surface area contributed by atoms with Crippen molar-refractivity contribution in [3.8, 4) is 0 Å². The van der Waals surface area contributed by atoms with E-state index in [9.17, 15) is 9.59 Å². The molecule has 1 aliphatic rings. The van der Waals surface area contributed by atoms with Crippen molar-refractivity contribution in [3.63, 3.8) is 0 Å². The summed E-state index contributed by atoms with van der Waals surface area (Å²) in [4.78, 5) is 22.6. The van der Waals surface area contributed by atoms with Gasteiger partial charge in [0.1, 0.15) is 11.6 Å². The van der Waals surface area contributed by atoms with Gasteiger partial charge in [-0.05, 0) is 26.7 Å². The molecule has 4 heteroatoms. The summed E-state index contributed by atoms with van der Waals surface area (Å²) in [6, 6.07) is -0.471. The molecule has 1 aliphatic heterocycles. The van der Waals surface area contributed by atoms with Gasteiger partial charge in [-0.2, -0.15) is 0 Å². The zero-order valence-electron chi connectivity index (χ0n) is 9.09. The van der Waals surface area contributed by atoms with Crippen molar-refractivity contribution < 1.29 is 14.3 Å². The van der Waals surface area contributed by atoms with E-state index in [-0.39, 0.29) is 17.8 Å². The Morgan fingerprint density at radius 3 is 2.43 bits per heavy atom. The molecule has 0 saturated carbocycles. The van der Waals surface area contributed by atoms with Crippen LogP contribution in [0, 0.1) is 5.92 Å². The van der Waals surface area contributed by atoms with Crippen LogP contribution < -0.4 is 5.32 Å². The fourth-order valence-electron chi connectivity index (χ4n) is 1.44. The lowest BCUT2D eigenvalue weighted by Gasteiger charge is -2.23. The Labute approximate surface area is 84.0 Å². The molecule has 0 aromatic rings. The molecule has 0 bridgehead atoms. The second kappa shape index (κ2) is 3.59. The molecule has 4 nitrogen and oxygen atoms in total. The lowest BCUT2D eigenvalue weighted by molar-refractivity contribution is -0.158. The van der Waals surface area contributed by atoms with E-state index in [1.165, 1.54) is 0 Å². The normalized spacial score (nSPS) is 27.3. The molecule has 1 fully saturated rings. The number of carbonyl (C=O) groups excluding carboxylic acids is 2. The summed E-state index contributed by atoms with van der Waals surface area (Å²) in [5, 5.41) is 2.61. The number of esters is 1. The Balaban J connectivity index is 2.58. The van der Waals surface area contributed by atoms with E-state index in [0.717, 1.165) is 0 Å².